The lowest BCUT2D eigenvalue weighted by Gasteiger charge is -2.24. The zero-order chi connectivity index (χ0) is 57.7. The van der Waals surface area contributed by atoms with Gasteiger partial charge < -0.3 is 18.9 Å². The first-order valence-corrected chi connectivity index (χ1v) is 36.1. The summed E-state index contributed by atoms with van der Waals surface area (Å²) in [6.07, 6.45) is 76.0. The van der Waals surface area contributed by atoms with Gasteiger partial charge in [0.05, 0.1) is 27.7 Å². The van der Waals surface area contributed by atoms with E-state index in [1.54, 1.807) is 0 Å². The molecule has 0 rings (SSSR count). The van der Waals surface area contributed by atoms with Crippen molar-refractivity contribution >= 4 is 19.8 Å². The van der Waals surface area contributed by atoms with E-state index < -0.39 is 26.5 Å². The molecule has 0 aromatic heterocycles. The van der Waals surface area contributed by atoms with Crippen molar-refractivity contribution < 1.29 is 42.1 Å². The topological polar surface area (TPSA) is 108 Å². The predicted molar refractivity (Wildman–Crippen MR) is 340 cm³/mol. The minimum atomic E-state index is -4.38. The lowest BCUT2D eigenvalue weighted by atomic mass is 10.0. The van der Waals surface area contributed by atoms with Gasteiger partial charge in [0.1, 0.15) is 19.8 Å². The molecule has 0 saturated carbocycles. The van der Waals surface area contributed by atoms with Gasteiger partial charge in [0, 0.05) is 12.8 Å². The molecule has 9 nitrogen and oxygen atoms in total. The van der Waals surface area contributed by atoms with Crippen LogP contribution in [0.25, 0.3) is 0 Å². The molecule has 0 aliphatic carbocycles. The van der Waals surface area contributed by atoms with E-state index in [-0.39, 0.29) is 32.0 Å². The van der Waals surface area contributed by atoms with Crippen LogP contribution in [0.5, 0.6) is 0 Å². The minimum absolute atomic E-state index is 0.0335. The fourth-order valence-corrected chi connectivity index (χ4v) is 11.1. The number of likely N-dealkylation sites (N-methyl/N-ethyl adjacent to an activating group) is 1. The van der Waals surface area contributed by atoms with Crippen LogP contribution < -0.4 is 0 Å². The highest BCUT2D eigenvalue weighted by Gasteiger charge is 2.27. The minimum Gasteiger partial charge on any atom is -0.462 e. The highest BCUT2D eigenvalue weighted by Crippen LogP contribution is 2.43. The Morgan fingerprint density at radius 3 is 0.937 bits per heavy atom. The molecule has 0 fully saturated rings. The quantitative estimate of drug-likeness (QED) is 0.0211. The van der Waals surface area contributed by atoms with Crippen molar-refractivity contribution in [2.75, 3.05) is 47.5 Å². The van der Waals surface area contributed by atoms with E-state index in [0.29, 0.717) is 17.4 Å². The first-order chi connectivity index (χ1) is 38.5. The summed E-state index contributed by atoms with van der Waals surface area (Å²) in [7, 11) is 1.49. The Hall–Kier alpha value is -1.51. The van der Waals surface area contributed by atoms with Gasteiger partial charge in [-0.2, -0.15) is 0 Å². The fourth-order valence-electron chi connectivity index (χ4n) is 10.4. The molecule has 0 aromatic rings. The SMILES string of the molecule is CCCCCCC/C=C\CCCCCCCC(=O)OCC(COP(=O)(O)OCC[N+](C)(C)C)OC(=O)CCCCCCCCCCCCCCCCCCCCCCCCCCCCCCC/C=C\CCCCCCCCCC. The number of phosphoric acid groups is 1. The number of carbonyl (C=O) groups is 2. The van der Waals surface area contributed by atoms with Crippen LogP contribution in [0, 0.1) is 0 Å². The number of esters is 2. The molecule has 468 valence electrons. The Bertz CT molecular complexity index is 1380. The average molecular weight is 1140 g/mol. The van der Waals surface area contributed by atoms with Crippen LogP contribution in [0.1, 0.15) is 354 Å². The van der Waals surface area contributed by atoms with E-state index in [0.717, 1.165) is 51.4 Å². The highest BCUT2D eigenvalue weighted by molar-refractivity contribution is 7.47. The monoisotopic (exact) mass is 1140 g/mol. The molecule has 0 radical (unpaired) electrons. The maximum Gasteiger partial charge on any atom is 0.472 e. The van der Waals surface area contributed by atoms with Crippen LogP contribution in [0.15, 0.2) is 24.3 Å². The van der Waals surface area contributed by atoms with E-state index in [1.807, 2.05) is 21.1 Å². The summed E-state index contributed by atoms with van der Waals surface area (Å²) in [4.78, 5) is 35.7. The van der Waals surface area contributed by atoms with Crippen molar-refractivity contribution in [1.82, 2.24) is 0 Å². The Kier molecular flexibility index (Phi) is 59.9. The molecule has 0 amide bonds. The van der Waals surface area contributed by atoms with Gasteiger partial charge in [0.25, 0.3) is 0 Å². The van der Waals surface area contributed by atoms with Gasteiger partial charge >= 0.3 is 19.8 Å². The lowest BCUT2D eigenvalue weighted by molar-refractivity contribution is -0.870. The number of carbonyl (C=O) groups excluding carboxylic acids is 2. The second kappa shape index (κ2) is 61.1. The Morgan fingerprint density at radius 1 is 0.380 bits per heavy atom. The number of nitrogens with zero attached hydrogens (tertiary/aromatic N) is 1. The van der Waals surface area contributed by atoms with Crippen molar-refractivity contribution in [3.05, 3.63) is 24.3 Å². The Balaban J connectivity index is 3.82. The lowest BCUT2D eigenvalue weighted by Crippen LogP contribution is -2.37. The standard InChI is InChI=1S/C69H134NO8P/c1-6-8-10-12-14-16-18-20-22-23-24-25-26-27-28-29-30-31-32-33-34-35-36-37-38-39-40-41-42-43-44-45-46-47-48-50-52-54-56-58-60-62-69(72)78-67(66-77-79(73,74)76-64-63-70(3,4)5)65-75-68(71)61-59-57-55-53-51-49-21-19-17-15-13-11-9-7-2/h19,21,23-24,67H,6-18,20,22,25-66H2,1-5H3/p+1/b21-19-,24-23-. The van der Waals surface area contributed by atoms with E-state index in [2.05, 4.69) is 38.2 Å². The molecule has 79 heavy (non-hydrogen) atoms. The zero-order valence-corrected chi connectivity index (χ0v) is 54.3. The van der Waals surface area contributed by atoms with Crippen LogP contribution in [0.2, 0.25) is 0 Å². The molecular weight excluding hydrogens is 1000 g/mol. The largest absolute Gasteiger partial charge is 0.472 e. The Labute approximate surface area is 491 Å². The molecule has 0 aliphatic heterocycles. The van der Waals surface area contributed by atoms with Crippen LogP contribution in [-0.4, -0.2) is 74.9 Å². The van der Waals surface area contributed by atoms with Gasteiger partial charge in [0.2, 0.25) is 0 Å². The van der Waals surface area contributed by atoms with Gasteiger partial charge in [0.15, 0.2) is 6.10 Å². The van der Waals surface area contributed by atoms with Crippen LogP contribution in [0.3, 0.4) is 0 Å². The van der Waals surface area contributed by atoms with Crippen molar-refractivity contribution in [3.63, 3.8) is 0 Å². The van der Waals surface area contributed by atoms with Crippen molar-refractivity contribution in [3.8, 4) is 0 Å². The molecule has 0 heterocycles. The summed E-state index contributed by atoms with van der Waals surface area (Å²) >= 11 is 0. The number of unbranched alkanes of at least 4 members (excludes halogenated alkanes) is 47. The molecule has 2 unspecified atom stereocenters. The third-order valence-corrected chi connectivity index (χ3v) is 16.7. The summed E-state index contributed by atoms with van der Waals surface area (Å²) < 4.78 is 34.6. The molecule has 0 spiro atoms. The van der Waals surface area contributed by atoms with Crippen molar-refractivity contribution in [2.24, 2.45) is 0 Å². The number of allylic oxidation sites excluding steroid dienone is 4. The first-order valence-electron chi connectivity index (χ1n) is 34.6. The summed E-state index contributed by atoms with van der Waals surface area (Å²) in [6, 6.07) is 0. The maximum absolute atomic E-state index is 12.8. The van der Waals surface area contributed by atoms with E-state index in [1.165, 1.54) is 270 Å². The molecule has 1 N–H and O–H groups in total. The van der Waals surface area contributed by atoms with E-state index in [9.17, 15) is 19.0 Å². The predicted octanol–water partition coefficient (Wildman–Crippen LogP) is 22.1. The number of hydrogen-bond acceptors (Lipinski definition) is 7. The summed E-state index contributed by atoms with van der Waals surface area (Å²) in [5.74, 6) is -0.790. The van der Waals surface area contributed by atoms with E-state index in [4.69, 9.17) is 18.5 Å². The average Bonchev–Trinajstić information content (AvgIpc) is 3.41. The molecule has 0 bridgehead atoms. The normalized spacial score (nSPS) is 13.2. The number of hydrogen-bond donors (Lipinski definition) is 1. The van der Waals surface area contributed by atoms with Gasteiger partial charge in [-0.05, 0) is 64.2 Å². The van der Waals surface area contributed by atoms with Crippen molar-refractivity contribution in [1.29, 1.82) is 0 Å². The van der Waals surface area contributed by atoms with Crippen LogP contribution in [0.4, 0.5) is 0 Å². The van der Waals surface area contributed by atoms with Gasteiger partial charge in [-0.15, -0.1) is 0 Å². The summed E-state index contributed by atoms with van der Waals surface area (Å²) in [5.41, 5.74) is 0. The smallest absolute Gasteiger partial charge is 0.462 e. The maximum atomic E-state index is 12.8. The molecule has 0 aromatic carbocycles. The Morgan fingerprint density at radius 2 is 0.646 bits per heavy atom. The summed E-state index contributed by atoms with van der Waals surface area (Å²) in [6.45, 7) is 4.46. The second-order valence-electron chi connectivity index (χ2n) is 24.9. The van der Waals surface area contributed by atoms with Gasteiger partial charge in [-0.3, -0.25) is 18.6 Å². The molecular formula is C69H135NO8P+. The fraction of sp³-hybridized carbons (Fsp3) is 0.913. The third-order valence-electron chi connectivity index (χ3n) is 15.7. The van der Waals surface area contributed by atoms with Crippen LogP contribution >= 0.6 is 7.82 Å². The first kappa shape index (κ1) is 77.5. The van der Waals surface area contributed by atoms with E-state index >= 15 is 0 Å². The number of ether oxygens (including phenoxy) is 2. The third kappa shape index (κ3) is 65.5. The number of quaternary nitrogens is 1. The summed E-state index contributed by atoms with van der Waals surface area (Å²) in [5, 5.41) is 0. The molecule has 0 aliphatic rings. The van der Waals surface area contributed by atoms with Gasteiger partial charge in [-0.25, -0.2) is 4.57 Å². The molecule has 0 saturated heterocycles. The highest BCUT2D eigenvalue weighted by atomic mass is 31.2. The van der Waals surface area contributed by atoms with Gasteiger partial charge in [-0.1, -0.05) is 301 Å². The molecule has 2 atom stereocenters. The second-order valence-corrected chi connectivity index (χ2v) is 26.4. The van der Waals surface area contributed by atoms with Crippen LogP contribution in [-0.2, 0) is 32.7 Å². The molecule has 10 heteroatoms. The number of rotatable bonds is 65. The number of phosphoric ester groups is 1. The zero-order valence-electron chi connectivity index (χ0n) is 53.4. The van der Waals surface area contributed by atoms with Crippen molar-refractivity contribution in [2.45, 2.75) is 360 Å².